The van der Waals surface area contributed by atoms with Crippen LogP contribution >= 0.6 is 0 Å². The second-order valence-corrected chi connectivity index (χ2v) is 4.11. The molecule has 1 unspecified atom stereocenters. The Morgan fingerprint density at radius 3 is 2.56 bits per heavy atom. The molecule has 1 atom stereocenters. The van der Waals surface area contributed by atoms with Gasteiger partial charge in [0.25, 0.3) is 0 Å². The fraction of sp³-hybridized carbons (Fsp3) is 0.333. The highest BCUT2D eigenvalue weighted by atomic mass is 16.3. The molecule has 1 aliphatic rings. The zero-order valence-corrected chi connectivity index (χ0v) is 9.82. The van der Waals surface area contributed by atoms with Gasteiger partial charge in [-0.1, -0.05) is 30.4 Å². The SMILES string of the molecule is C=CCC1(CC=C)C=C(O)[C]=CC1/C=C/C. The molecule has 0 heterocycles. The fourth-order valence-corrected chi connectivity index (χ4v) is 2.22. The lowest BCUT2D eigenvalue weighted by Crippen LogP contribution is -2.28. The standard InChI is InChI=1S/C15H19O/c1-4-7-13-8-9-14(16)12-15(13,10-5-2)11-6-3/h4-8,12-13,16H,2-3,10-11H2,1H3/b7-4+. The van der Waals surface area contributed by atoms with E-state index in [1.807, 2.05) is 37.3 Å². The van der Waals surface area contributed by atoms with Crippen LogP contribution in [0.15, 0.2) is 55.4 Å². The van der Waals surface area contributed by atoms with Crippen LogP contribution in [0.5, 0.6) is 0 Å². The van der Waals surface area contributed by atoms with E-state index in [1.54, 1.807) is 0 Å². The Bertz CT molecular complexity index is 334. The lowest BCUT2D eigenvalue weighted by Gasteiger charge is -2.36. The average Bonchev–Trinajstić information content (AvgIpc) is 2.23. The van der Waals surface area contributed by atoms with Crippen LogP contribution in [0.3, 0.4) is 0 Å². The highest BCUT2D eigenvalue weighted by Gasteiger charge is 2.34. The van der Waals surface area contributed by atoms with E-state index in [-0.39, 0.29) is 17.1 Å². The first kappa shape index (κ1) is 12.6. The van der Waals surface area contributed by atoms with E-state index in [4.69, 9.17) is 0 Å². The first-order chi connectivity index (χ1) is 7.68. The van der Waals surface area contributed by atoms with Crippen molar-refractivity contribution in [3.8, 4) is 0 Å². The van der Waals surface area contributed by atoms with Crippen LogP contribution in [0.25, 0.3) is 0 Å². The lowest BCUT2D eigenvalue weighted by atomic mass is 9.68. The van der Waals surface area contributed by atoms with Crippen molar-refractivity contribution < 1.29 is 5.11 Å². The Morgan fingerprint density at radius 2 is 2.06 bits per heavy atom. The van der Waals surface area contributed by atoms with Gasteiger partial charge in [-0.3, -0.25) is 0 Å². The number of allylic oxidation sites excluding steroid dienone is 7. The van der Waals surface area contributed by atoms with Crippen molar-refractivity contribution in [2.75, 3.05) is 0 Å². The summed E-state index contributed by atoms with van der Waals surface area (Å²) in [4.78, 5) is 0. The predicted molar refractivity (Wildman–Crippen MR) is 68.9 cm³/mol. The Hall–Kier alpha value is -1.50. The minimum absolute atomic E-state index is 0.134. The van der Waals surface area contributed by atoms with E-state index in [2.05, 4.69) is 25.3 Å². The smallest absolute Gasteiger partial charge is 0.119 e. The molecule has 0 saturated heterocycles. The maximum Gasteiger partial charge on any atom is 0.119 e. The maximum atomic E-state index is 9.61. The Balaban J connectivity index is 3.11. The topological polar surface area (TPSA) is 20.2 Å². The molecule has 0 aromatic rings. The third-order valence-electron chi connectivity index (χ3n) is 2.95. The molecule has 0 aromatic heterocycles. The first-order valence-electron chi connectivity index (χ1n) is 5.55. The molecular weight excluding hydrogens is 196 g/mol. The molecule has 1 rings (SSSR count). The third kappa shape index (κ3) is 2.54. The van der Waals surface area contributed by atoms with Gasteiger partial charge in [0, 0.05) is 17.4 Å². The molecule has 85 valence electrons. The van der Waals surface area contributed by atoms with Crippen molar-refractivity contribution in [1.29, 1.82) is 0 Å². The van der Waals surface area contributed by atoms with Gasteiger partial charge in [0.1, 0.15) is 5.76 Å². The van der Waals surface area contributed by atoms with Crippen LogP contribution in [0, 0.1) is 17.4 Å². The normalized spacial score (nSPS) is 23.1. The van der Waals surface area contributed by atoms with E-state index in [0.717, 1.165) is 12.8 Å². The van der Waals surface area contributed by atoms with Crippen LogP contribution in [0.1, 0.15) is 19.8 Å². The molecule has 1 aliphatic carbocycles. The minimum atomic E-state index is -0.134. The molecule has 1 N–H and O–H groups in total. The summed E-state index contributed by atoms with van der Waals surface area (Å²) >= 11 is 0. The van der Waals surface area contributed by atoms with Crippen LogP contribution in [-0.4, -0.2) is 5.11 Å². The van der Waals surface area contributed by atoms with Crippen LogP contribution < -0.4 is 0 Å². The quantitative estimate of drug-likeness (QED) is 0.683. The zero-order valence-electron chi connectivity index (χ0n) is 9.82. The van der Waals surface area contributed by atoms with Gasteiger partial charge in [0.15, 0.2) is 0 Å². The minimum Gasteiger partial charge on any atom is -0.508 e. The van der Waals surface area contributed by atoms with Gasteiger partial charge in [-0.05, 0) is 25.8 Å². The largest absolute Gasteiger partial charge is 0.508 e. The molecule has 1 radical (unpaired) electrons. The number of rotatable bonds is 5. The second kappa shape index (κ2) is 5.55. The van der Waals surface area contributed by atoms with Gasteiger partial charge < -0.3 is 5.11 Å². The summed E-state index contributed by atoms with van der Waals surface area (Å²) < 4.78 is 0. The van der Waals surface area contributed by atoms with E-state index in [9.17, 15) is 5.11 Å². The summed E-state index contributed by atoms with van der Waals surface area (Å²) in [5, 5.41) is 9.61. The number of hydrogen-bond donors (Lipinski definition) is 1. The Kier molecular flexibility index (Phi) is 4.36. The molecule has 0 aliphatic heterocycles. The molecule has 16 heavy (non-hydrogen) atoms. The van der Waals surface area contributed by atoms with Gasteiger partial charge in [-0.15, -0.1) is 13.2 Å². The van der Waals surface area contributed by atoms with Gasteiger partial charge in [0.05, 0.1) is 0 Å². The van der Waals surface area contributed by atoms with Crippen LogP contribution in [0.4, 0.5) is 0 Å². The molecule has 0 bridgehead atoms. The van der Waals surface area contributed by atoms with Gasteiger partial charge >= 0.3 is 0 Å². The molecule has 0 amide bonds. The summed E-state index contributed by atoms with van der Waals surface area (Å²) in [6.07, 6.45) is 16.2. The summed E-state index contributed by atoms with van der Waals surface area (Å²) in [6.45, 7) is 9.59. The lowest BCUT2D eigenvalue weighted by molar-refractivity contribution is 0.295. The van der Waals surface area contributed by atoms with Crippen molar-refractivity contribution in [1.82, 2.24) is 0 Å². The molecule has 0 spiro atoms. The number of hydrogen-bond acceptors (Lipinski definition) is 1. The second-order valence-electron chi connectivity index (χ2n) is 4.11. The molecule has 1 heteroatoms. The highest BCUT2D eigenvalue weighted by molar-refractivity contribution is 5.26. The van der Waals surface area contributed by atoms with Gasteiger partial charge in [0.2, 0.25) is 0 Å². The summed E-state index contributed by atoms with van der Waals surface area (Å²) in [5.74, 6) is 0.453. The Labute approximate surface area is 98.2 Å². The third-order valence-corrected chi connectivity index (χ3v) is 2.95. The molecule has 0 aromatic carbocycles. The maximum absolute atomic E-state index is 9.61. The van der Waals surface area contributed by atoms with Crippen LogP contribution in [0.2, 0.25) is 0 Å². The molecule has 0 fully saturated rings. The number of aliphatic hydroxyl groups is 1. The van der Waals surface area contributed by atoms with E-state index in [0.29, 0.717) is 0 Å². The van der Waals surface area contributed by atoms with Crippen molar-refractivity contribution in [3.05, 3.63) is 61.4 Å². The first-order valence-corrected chi connectivity index (χ1v) is 5.55. The van der Waals surface area contributed by atoms with Gasteiger partial charge in [-0.25, -0.2) is 0 Å². The summed E-state index contributed by atoms with van der Waals surface area (Å²) in [5.41, 5.74) is -0.134. The average molecular weight is 215 g/mol. The van der Waals surface area contributed by atoms with Crippen molar-refractivity contribution in [3.63, 3.8) is 0 Å². The highest BCUT2D eigenvalue weighted by Crippen LogP contribution is 2.42. The Morgan fingerprint density at radius 1 is 1.44 bits per heavy atom. The monoisotopic (exact) mass is 215 g/mol. The fourth-order valence-electron chi connectivity index (χ4n) is 2.22. The molecule has 1 nitrogen and oxygen atoms in total. The molecular formula is C15H19O. The van der Waals surface area contributed by atoms with Crippen molar-refractivity contribution in [2.24, 2.45) is 11.3 Å². The molecule has 0 saturated carbocycles. The predicted octanol–water partition coefficient (Wildman–Crippen LogP) is 4.13. The zero-order chi connectivity index (χ0) is 12.0. The van der Waals surface area contributed by atoms with Crippen molar-refractivity contribution in [2.45, 2.75) is 19.8 Å². The van der Waals surface area contributed by atoms with Crippen molar-refractivity contribution >= 4 is 0 Å². The van der Waals surface area contributed by atoms with E-state index >= 15 is 0 Å². The summed E-state index contributed by atoms with van der Waals surface area (Å²) in [7, 11) is 0. The van der Waals surface area contributed by atoms with Gasteiger partial charge in [-0.2, -0.15) is 0 Å². The van der Waals surface area contributed by atoms with Crippen LogP contribution in [-0.2, 0) is 0 Å². The number of aliphatic hydroxyl groups excluding tert-OH is 1. The van der Waals surface area contributed by atoms with E-state index in [1.165, 1.54) is 0 Å². The van der Waals surface area contributed by atoms with E-state index < -0.39 is 0 Å². The summed E-state index contributed by atoms with van der Waals surface area (Å²) in [6, 6.07) is 0.